The van der Waals surface area contributed by atoms with Crippen molar-refractivity contribution in [3.63, 3.8) is 0 Å². The highest BCUT2D eigenvalue weighted by atomic mass is 19.4. The SMILES string of the molecule is FC(F)(F)C1=CCC(=c2ccc(-n3c4cc(-c5cc(C(F)(F)F)cc(C(F)(F)F)c5)ccc4c4ccc(-c5cc(C(F)(F)F)cc(C(F)(F)F)c5)cc43)cc2=C2N=C(c3ccccc3)N=C(c3ccccc3)N2)C=C1. The van der Waals surface area contributed by atoms with Crippen LogP contribution in [0.25, 0.3) is 61.1 Å². The van der Waals surface area contributed by atoms with Crippen molar-refractivity contribution in [1.82, 2.24) is 9.88 Å². The molecule has 2 heterocycles. The van der Waals surface area contributed by atoms with Gasteiger partial charge in [-0.15, -0.1) is 0 Å². The maximum atomic E-state index is 14.2. The molecule has 7 aromatic carbocycles. The number of aliphatic imine (C=N–C) groups is 2. The van der Waals surface area contributed by atoms with E-state index in [-0.39, 0.29) is 63.3 Å². The summed E-state index contributed by atoms with van der Waals surface area (Å²) in [6.45, 7) is 0. The van der Waals surface area contributed by atoms with Crippen molar-refractivity contribution >= 4 is 44.9 Å². The first-order valence-electron chi connectivity index (χ1n) is 22.4. The Morgan fingerprint density at radius 1 is 0.400 bits per heavy atom. The van der Waals surface area contributed by atoms with Crippen molar-refractivity contribution in [2.24, 2.45) is 9.98 Å². The van der Waals surface area contributed by atoms with Crippen LogP contribution in [0.4, 0.5) is 65.9 Å². The van der Waals surface area contributed by atoms with E-state index in [1.165, 1.54) is 53.1 Å². The van der Waals surface area contributed by atoms with Crippen LogP contribution < -0.4 is 15.8 Å². The van der Waals surface area contributed by atoms with Gasteiger partial charge in [0.1, 0.15) is 11.7 Å². The molecule has 1 aromatic heterocycles. The molecule has 0 bridgehead atoms. The fourth-order valence-electron chi connectivity index (χ4n) is 8.98. The molecule has 2 aliphatic rings. The van der Waals surface area contributed by atoms with Gasteiger partial charge in [0.2, 0.25) is 0 Å². The van der Waals surface area contributed by atoms with Crippen LogP contribution in [0.1, 0.15) is 39.8 Å². The van der Waals surface area contributed by atoms with Crippen LogP contribution in [0.15, 0.2) is 185 Å². The van der Waals surface area contributed by atoms with Gasteiger partial charge < -0.3 is 9.88 Å². The molecule has 19 heteroatoms. The van der Waals surface area contributed by atoms with Gasteiger partial charge in [-0.05, 0) is 100 Å². The molecule has 10 rings (SSSR count). The van der Waals surface area contributed by atoms with Crippen molar-refractivity contribution in [3.8, 4) is 27.9 Å². The molecule has 0 saturated heterocycles. The van der Waals surface area contributed by atoms with Gasteiger partial charge in [0.05, 0.1) is 38.9 Å². The second-order valence-electron chi connectivity index (χ2n) is 17.4. The smallest absolute Gasteiger partial charge is 0.324 e. The average molecular weight is 1040 g/mol. The number of amidine groups is 2. The zero-order chi connectivity index (χ0) is 53.4. The van der Waals surface area contributed by atoms with Crippen molar-refractivity contribution < 1.29 is 65.9 Å². The molecule has 0 unspecified atom stereocenters. The van der Waals surface area contributed by atoms with E-state index in [2.05, 4.69) is 5.32 Å². The predicted octanol–water partition coefficient (Wildman–Crippen LogP) is 15.4. The Kier molecular flexibility index (Phi) is 12.2. The summed E-state index contributed by atoms with van der Waals surface area (Å²) in [6, 6.07) is 32.2. The average Bonchev–Trinajstić information content (AvgIpc) is 3.72. The van der Waals surface area contributed by atoms with Crippen LogP contribution in [0, 0.1) is 0 Å². The molecule has 1 N–H and O–H groups in total. The minimum atomic E-state index is -5.21. The lowest BCUT2D eigenvalue weighted by Crippen LogP contribution is -2.38. The summed E-state index contributed by atoms with van der Waals surface area (Å²) >= 11 is 0. The van der Waals surface area contributed by atoms with Crippen LogP contribution >= 0.6 is 0 Å². The molecule has 0 amide bonds. The van der Waals surface area contributed by atoms with Crippen LogP contribution in [0.5, 0.6) is 0 Å². The fourth-order valence-corrected chi connectivity index (χ4v) is 8.98. The molecule has 0 radical (unpaired) electrons. The molecule has 1 aliphatic heterocycles. The van der Waals surface area contributed by atoms with Crippen molar-refractivity contribution in [1.29, 1.82) is 0 Å². The summed E-state index contributed by atoms with van der Waals surface area (Å²) in [5.74, 6) is 0.609. The number of allylic oxidation sites excluding steroid dienone is 4. The molecule has 1 aliphatic carbocycles. The van der Waals surface area contributed by atoms with Gasteiger partial charge in [-0.25, -0.2) is 9.98 Å². The summed E-state index contributed by atoms with van der Waals surface area (Å²) in [7, 11) is 0. The van der Waals surface area contributed by atoms with Gasteiger partial charge in [0.15, 0.2) is 5.84 Å². The summed E-state index contributed by atoms with van der Waals surface area (Å²) in [4.78, 5) is 9.69. The number of alkyl halides is 15. The second kappa shape index (κ2) is 18.2. The monoisotopic (exact) mass is 1040 g/mol. The second-order valence-corrected chi connectivity index (χ2v) is 17.4. The van der Waals surface area contributed by atoms with Gasteiger partial charge in [-0.1, -0.05) is 109 Å². The fraction of sp³-hybridized carbons (Fsp3) is 0.107. The van der Waals surface area contributed by atoms with Gasteiger partial charge in [-0.2, -0.15) is 65.9 Å². The number of nitrogens with one attached hydrogen (secondary N) is 1. The van der Waals surface area contributed by atoms with Crippen molar-refractivity contribution in [3.05, 3.63) is 219 Å². The number of halogens is 15. The van der Waals surface area contributed by atoms with E-state index in [1.54, 1.807) is 72.8 Å². The van der Waals surface area contributed by atoms with Crippen LogP contribution in [-0.2, 0) is 24.7 Å². The van der Waals surface area contributed by atoms with Crippen LogP contribution in [0.2, 0.25) is 0 Å². The standard InChI is InChI=1S/C56H31F15N4/c57-52(58,59)37-15-11-30(12-16-37)43-20-17-42(29-46(43)51-73-49(31-7-3-1-4-8-31)72-50(74-51)32-9-5-2-6-10-32)75-47-25-33(35-21-38(53(60,61)62)27-39(22-35)54(63,64)65)13-18-44(47)45-19-14-34(26-48(45)75)36-23-40(55(66,67)68)28-41(24-36)56(69,70)71/h1-11,13-29H,12H2,(H,72,73,74). The van der Waals surface area contributed by atoms with E-state index in [0.29, 0.717) is 62.8 Å². The van der Waals surface area contributed by atoms with E-state index in [4.69, 9.17) is 9.98 Å². The Morgan fingerprint density at radius 3 is 1.32 bits per heavy atom. The maximum Gasteiger partial charge on any atom is 0.416 e. The number of fused-ring (bicyclic) bond motifs is 3. The minimum absolute atomic E-state index is 0.0303. The highest BCUT2D eigenvalue weighted by Crippen LogP contribution is 2.43. The van der Waals surface area contributed by atoms with E-state index in [1.807, 2.05) is 0 Å². The maximum absolute atomic E-state index is 14.2. The molecular formula is C56H31F15N4. The summed E-state index contributed by atoms with van der Waals surface area (Å²) < 4.78 is 213. The lowest BCUT2D eigenvalue weighted by molar-refractivity contribution is -0.144. The lowest BCUT2D eigenvalue weighted by Gasteiger charge is -2.19. The first-order chi connectivity index (χ1) is 35.3. The third-order valence-electron chi connectivity index (χ3n) is 12.6. The Hall–Kier alpha value is -8.35. The van der Waals surface area contributed by atoms with E-state index >= 15 is 0 Å². The Bertz CT molecular complexity index is 3650. The van der Waals surface area contributed by atoms with Crippen molar-refractivity contribution in [2.45, 2.75) is 37.3 Å². The Labute approximate surface area is 414 Å². The third kappa shape index (κ3) is 10.1. The molecule has 0 atom stereocenters. The number of aromatic nitrogens is 1. The van der Waals surface area contributed by atoms with Gasteiger partial charge in [0, 0.05) is 32.8 Å². The van der Waals surface area contributed by atoms with Crippen molar-refractivity contribution in [2.75, 3.05) is 0 Å². The highest BCUT2D eigenvalue weighted by molar-refractivity contribution is 6.16. The molecule has 380 valence electrons. The zero-order valence-corrected chi connectivity index (χ0v) is 37.9. The van der Waals surface area contributed by atoms with E-state index in [0.717, 1.165) is 12.2 Å². The van der Waals surface area contributed by atoms with Gasteiger partial charge in [-0.3, -0.25) is 0 Å². The zero-order valence-electron chi connectivity index (χ0n) is 37.9. The largest absolute Gasteiger partial charge is 0.416 e. The van der Waals surface area contributed by atoms with Gasteiger partial charge in [0.25, 0.3) is 0 Å². The normalized spacial score (nSPS) is 16.2. The topological polar surface area (TPSA) is 41.7 Å². The Balaban J connectivity index is 1.30. The quantitative estimate of drug-likeness (QED) is 0.172. The number of benzene rings is 7. The molecule has 4 nitrogen and oxygen atoms in total. The molecule has 0 spiro atoms. The summed E-state index contributed by atoms with van der Waals surface area (Å²) in [6.07, 6.45) is -22.6. The first kappa shape index (κ1) is 50.2. The van der Waals surface area contributed by atoms with E-state index < -0.39 is 69.8 Å². The van der Waals surface area contributed by atoms with Crippen LogP contribution in [0.3, 0.4) is 0 Å². The number of hydrogen-bond donors (Lipinski definition) is 1. The molecule has 0 fully saturated rings. The lowest BCUT2D eigenvalue weighted by atomic mass is 9.97. The third-order valence-corrected chi connectivity index (χ3v) is 12.6. The summed E-state index contributed by atoms with van der Waals surface area (Å²) in [5.41, 5.74) is -6.71. The number of nitrogens with zero attached hydrogens (tertiary/aromatic N) is 3. The van der Waals surface area contributed by atoms with E-state index in [9.17, 15) is 65.9 Å². The summed E-state index contributed by atoms with van der Waals surface area (Å²) in [5, 5.41) is 4.42. The molecule has 0 saturated carbocycles. The molecule has 8 aromatic rings. The Morgan fingerprint density at radius 2 is 0.880 bits per heavy atom. The first-order valence-corrected chi connectivity index (χ1v) is 22.4. The number of hydrogen-bond acceptors (Lipinski definition) is 3. The predicted molar refractivity (Wildman–Crippen MR) is 255 cm³/mol. The minimum Gasteiger partial charge on any atom is -0.324 e. The molecule has 75 heavy (non-hydrogen) atoms. The van der Waals surface area contributed by atoms with Crippen LogP contribution in [-0.4, -0.2) is 22.4 Å². The number of rotatable bonds is 5. The van der Waals surface area contributed by atoms with Gasteiger partial charge >= 0.3 is 30.9 Å². The molecular weight excluding hydrogens is 1010 g/mol. The highest BCUT2D eigenvalue weighted by Gasteiger charge is 2.39.